The zero-order valence-corrected chi connectivity index (χ0v) is 25.7. The van der Waals surface area contributed by atoms with Crippen molar-refractivity contribution >= 4 is 29.2 Å². The number of aliphatic hydroxyl groups excluding tert-OH is 1. The lowest BCUT2D eigenvalue weighted by atomic mass is 9.69. The van der Waals surface area contributed by atoms with Gasteiger partial charge in [-0.15, -0.1) is 0 Å². The number of hydrogen-bond donors (Lipinski definition) is 3. The SMILES string of the molecule is COC1=C(C)C(=O)C2=C(C1=O)C(CNC(=O)C(C)=O)N1C(C#N)C3Cc4c(O)c(C)c(OC)c(OC(=O)CO)c4C(C1C2)N3C. The fourth-order valence-electron chi connectivity index (χ4n) is 7.39. The summed E-state index contributed by atoms with van der Waals surface area (Å²) in [4.78, 5) is 68.1. The molecule has 238 valence electrons. The number of amides is 1. The summed E-state index contributed by atoms with van der Waals surface area (Å²) in [6.45, 7) is 2.97. The Balaban J connectivity index is 1.78. The molecule has 3 aliphatic heterocycles. The van der Waals surface area contributed by atoms with E-state index < -0.39 is 66.0 Å². The average Bonchev–Trinajstić information content (AvgIpc) is 3.01. The number of allylic oxidation sites excluding steroid dienone is 2. The van der Waals surface area contributed by atoms with Gasteiger partial charge >= 0.3 is 5.97 Å². The highest BCUT2D eigenvalue weighted by Gasteiger charge is 2.58. The number of phenols is 1. The molecule has 3 N–H and O–H groups in total. The smallest absolute Gasteiger partial charge is 0.337 e. The number of nitriles is 1. The molecule has 0 radical (unpaired) electrons. The summed E-state index contributed by atoms with van der Waals surface area (Å²) in [5.41, 5.74) is 1.45. The highest BCUT2D eigenvalue weighted by molar-refractivity contribution is 6.35. The van der Waals surface area contributed by atoms with Crippen molar-refractivity contribution in [3.63, 3.8) is 0 Å². The van der Waals surface area contributed by atoms with Gasteiger partial charge in [0.2, 0.25) is 11.6 Å². The lowest BCUT2D eigenvalue weighted by Crippen LogP contribution is -2.71. The van der Waals surface area contributed by atoms with Gasteiger partial charge in [0.1, 0.15) is 18.4 Å². The van der Waals surface area contributed by atoms with Crippen LogP contribution in [0.3, 0.4) is 0 Å². The summed E-state index contributed by atoms with van der Waals surface area (Å²) in [5.74, 6) is -3.81. The van der Waals surface area contributed by atoms with Crippen molar-refractivity contribution in [1.29, 1.82) is 5.26 Å². The molecule has 1 aromatic carbocycles. The van der Waals surface area contributed by atoms with Gasteiger partial charge in [0, 0.05) is 59.0 Å². The number of rotatable bonds is 7. The Morgan fingerprint density at radius 3 is 2.33 bits per heavy atom. The van der Waals surface area contributed by atoms with Crippen LogP contribution in [0.25, 0.3) is 0 Å². The topological polar surface area (TPSA) is 196 Å². The van der Waals surface area contributed by atoms with Gasteiger partial charge in [-0.3, -0.25) is 29.0 Å². The van der Waals surface area contributed by atoms with Crippen molar-refractivity contribution in [2.24, 2.45) is 0 Å². The van der Waals surface area contributed by atoms with E-state index in [0.717, 1.165) is 6.92 Å². The molecule has 1 saturated heterocycles. The molecule has 1 aliphatic carbocycles. The van der Waals surface area contributed by atoms with E-state index in [-0.39, 0.29) is 59.1 Å². The number of esters is 1. The number of methoxy groups -OCH3 is 2. The minimum Gasteiger partial charge on any atom is -0.507 e. The van der Waals surface area contributed by atoms with Crippen molar-refractivity contribution < 1.29 is 48.4 Å². The van der Waals surface area contributed by atoms with Crippen LogP contribution in [0.5, 0.6) is 17.2 Å². The first-order valence-electron chi connectivity index (χ1n) is 14.3. The number of fused-ring (bicyclic) bond motifs is 6. The Labute approximate surface area is 258 Å². The van der Waals surface area contributed by atoms with Gasteiger partial charge in [-0.2, -0.15) is 5.26 Å². The molecule has 0 aromatic heterocycles. The van der Waals surface area contributed by atoms with E-state index in [1.165, 1.54) is 21.1 Å². The summed E-state index contributed by atoms with van der Waals surface area (Å²) in [7, 11) is 4.40. The lowest BCUT2D eigenvalue weighted by molar-refractivity contribution is -0.138. The number of aliphatic hydroxyl groups is 1. The fraction of sp³-hybridized carbons (Fsp3) is 0.484. The van der Waals surface area contributed by atoms with Crippen LogP contribution >= 0.6 is 0 Å². The molecule has 5 atom stereocenters. The third-order valence-electron chi connectivity index (χ3n) is 9.36. The highest BCUT2D eigenvalue weighted by atomic mass is 16.6. The maximum Gasteiger partial charge on any atom is 0.337 e. The highest BCUT2D eigenvalue weighted by Crippen LogP contribution is 2.56. The Morgan fingerprint density at radius 1 is 1.07 bits per heavy atom. The first-order valence-corrected chi connectivity index (χ1v) is 14.3. The first-order chi connectivity index (χ1) is 21.3. The van der Waals surface area contributed by atoms with Gasteiger partial charge in [0.15, 0.2) is 23.0 Å². The molecule has 5 unspecified atom stereocenters. The molecular weight excluding hydrogens is 588 g/mol. The van der Waals surface area contributed by atoms with Crippen molar-refractivity contribution in [2.75, 3.05) is 34.4 Å². The van der Waals surface area contributed by atoms with E-state index in [9.17, 15) is 39.4 Å². The zero-order chi connectivity index (χ0) is 33.1. The third kappa shape index (κ3) is 4.70. The fourth-order valence-corrected chi connectivity index (χ4v) is 7.39. The van der Waals surface area contributed by atoms with Gasteiger partial charge in [-0.05, 0) is 33.7 Å². The van der Waals surface area contributed by atoms with Crippen molar-refractivity contribution in [2.45, 2.75) is 63.8 Å². The van der Waals surface area contributed by atoms with Gasteiger partial charge < -0.3 is 29.7 Å². The van der Waals surface area contributed by atoms with Gasteiger partial charge in [0.05, 0.1) is 32.4 Å². The van der Waals surface area contributed by atoms with E-state index in [1.807, 2.05) is 4.90 Å². The van der Waals surface area contributed by atoms with Crippen molar-refractivity contribution in [1.82, 2.24) is 15.1 Å². The summed E-state index contributed by atoms with van der Waals surface area (Å²) < 4.78 is 16.5. The molecule has 14 nitrogen and oxygen atoms in total. The second kappa shape index (κ2) is 11.7. The van der Waals surface area contributed by atoms with Crippen LogP contribution in [0.15, 0.2) is 22.5 Å². The molecule has 5 rings (SSSR count). The van der Waals surface area contributed by atoms with Crippen LogP contribution < -0.4 is 14.8 Å². The zero-order valence-electron chi connectivity index (χ0n) is 25.7. The number of carbonyl (C=O) groups is 5. The normalized spacial score (nSPS) is 26.0. The minimum atomic E-state index is -1.02. The first kappa shape index (κ1) is 31.8. The molecule has 2 bridgehead atoms. The second-order valence-corrected chi connectivity index (χ2v) is 11.5. The summed E-state index contributed by atoms with van der Waals surface area (Å²) in [5, 5.41) is 34.1. The molecule has 0 spiro atoms. The molecule has 4 aliphatic rings. The van der Waals surface area contributed by atoms with Gasteiger partial charge in [-0.25, -0.2) is 4.79 Å². The van der Waals surface area contributed by atoms with E-state index in [1.54, 1.807) is 18.9 Å². The molecule has 14 heteroatoms. The number of aromatic hydroxyl groups is 1. The van der Waals surface area contributed by atoms with Crippen LogP contribution in [0.2, 0.25) is 0 Å². The molecule has 1 fully saturated rings. The number of likely N-dealkylation sites (N-methyl/N-ethyl adjacent to an activating group) is 1. The Kier molecular flexibility index (Phi) is 8.30. The molecule has 3 heterocycles. The molecule has 45 heavy (non-hydrogen) atoms. The van der Waals surface area contributed by atoms with E-state index in [0.29, 0.717) is 16.7 Å². The van der Waals surface area contributed by atoms with Crippen LogP contribution in [-0.4, -0.2) is 108 Å². The van der Waals surface area contributed by atoms with Crippen LogP contribution in [0.4, 0.5) is 0 Å². The largest absolute Gasteiger partial charge is 0.507 e. The number of benzene rings is 1. The number of carbonyl (C=O) groups excluding carboxylic acids is 5. The molecule has 0 saturated carbocycles. The monoisotopic (exact) mass is 622 g/mol. The number of phenolic OH excluding ortho intramolecular Hbond substituents is 1. The predicted molar refractivity (Wildman–Crippen MR) is 154 cm³/mol. The maximum absolute atomic E-state index is 13.9. The van der Waals surface area contributed by atoms with Crippen LogP contribution in [0.1, 0.15) is 43.0 Å². The van der Waals surface area contributed by atoms with Crippen LogP contribution in [0, 0.1) is 18.3 Å². The molecule has 1 aromatic rings. The van der Waals surface area contributed by atoms with E-state index in [4.69, 9.17) is 14.2 Å². The van der Waals surface area contributed by atoms with Gasteiger partial charge in [0.25, 0.3) is 5.91 Å². The summed E-state index contributed by atoms with van der Waals surface area (Å²) in [6.07, 6.45) is 0.104. The predicted octanol–water partition coefficient (Wildman–Crippen LogP) is -0.0728. The van der Waals surface area contributed by atoms with Crippen molar-refractivity contribution in [3.8, 4) is 23.3 Å². The quantitative estimate of drug-likeness (QED) is 0.158. The van der Waals surface area contributed by atoms with E-state index >= 15 is 0 Å². The second-order valence-electron chi connectivity index (χ2n) is 11.5. The number of hydrogen-bond acceptors (Lipinski definition) is 13. The number of nitrogens with one attached hydrogen (secondary N) is 1. The third-order valence-corrected chi connectivity index (χ3v) is 9.36. The lowest BCUT2D eigenvalue weighted by Gasteiger charge is -2.60. The number of ether oxygens (including phenoxy) is 3. The number of nitrogens with zero attached hydrogens (tertiary/aromatic N) is 3. The maximum atomic E-state index is 13.9. The van der Waals surface area contributed by atoms with Crippen LogP contribution in [-0.2, 0) is 35.1 Å². The van der Waals surface area contributed by atoms with Crippen molar-refractivity contribution in [3.05, 3.63) is 39.2 Å². The Hall–Kier alpha value is -4.58. The molecule has 1 amide bonds. The standard InChI is InChI=1S/C31H34N4O10/c1-12-25(39)15-8-18-24-23-16(26(40)13(2)29(44-6)30(23)45-21(38)11-36)7-17(34(24)4)19(9-32)35(18)20(10-33-31(42)14(3)37)22(15)27(41)28(12)43-5/h17-20,24,36,40H,7-8,10-11H2,1-6H3,(H,33,42). The molecular formula is C31H34N4O10. The number of ketones is 3. The summed E-state index contributed by atoms with van der Waals surface area (Å²) in [6, 6.07) is -1.62. The number of piperazine rings is 1. The minimum absolute atomic E-state index is 0.0162. The van der Waals surface area contributed by atoms with E-state index in [2.05, 4.69) is 11.4 Å². The number of Topliss-reactive ketones (excluding diaryl/α,β-unsaturated/α-hetero) is 3. The average molecular weight is 623 g/mol. The van der Waals surface area contributed by atoms with Gasteiger partial charge in [-0.1, -0.05) is 0 Å². The summed E-state index contributed by atoms with van der Waals surface area (Å²) >= 11 is 0. The Morgan fingerprint density at radius 2 is 1.76 bits per heavy atom. The Bertz CT molecular complexity index is 1650.